The smallest absolute Gasteiger partial charge is 0.176 e. The molecule has 1 atom stereocenters. The van der Waals surface area contributed by atoms with E-state index in [1.807, 2.05) is 38.1 Å². The van der Waals surface area contributed by atoms with E-state index in [1.165, 1.54) is 38.5 Å². The van der Waals surface area contributed by atoms with Crippen LogP contribution in [-0.4, -0.2) is 47.5 Å². The van der Waals surface area contributed by atoms with Crippen LogP contribution in [0.1, 0.15) is 64.1 Å². The Kier molecular flexibility index (Phi) is 6.40. The number of Topliss-reactive ketones (excluding diaryl/α,β-unsaturated/α-hetero) is 1. The van der Waals surface area contributed by atoms with Gasteiger partial charge >= 0.3 is 0 Å². The van der Waals surface area contributed by atoms with Crippen molar-refractivity contribution in [1.82, 2.24) is 9.55 Å². The molecule has 7 heteroatoms. The Bertz CT molecular complexity index is 1360. The lowest BCUT2D eigenvalue weighted by Crippen LogP contribution is -2.45. The molecule has 1 aliphatic heterocycles. The van der Waals surface area contributed by atoms with E-state index < -0.39 is 11.5 Å². The van der Waals surface area contributed by atoms with Crippen molar-refractivity contribution < 1.29 is 14.3 Å². The van der Waals surface area contributed by atoms with Crippen LogP contribution in [0.2, 0.25) is 0 Å². The minimum atomic E-state index is -0.820. The summed E-state index contributed by atoms with van der Waals surface area (Å²) >= 11 is 0. The minimum absolute atomic E-state index is 0.122. The summed E-state index contributed by atoms with van der Waals surface area (Å²) in [5, 5.41) is 0. The average molecular weight is 515 g/mol. The summed E-state index contributed by atoms with van der Waals surface area (Å²) in [4.78, 5) is 26.9. The maximum Gasteiger partial charge on any atom is 0.176 e. The number of nitrogens with zero attached hydrogens (tertiary/aromatic N) is 4. The van der Waals surface area contributed by atoms with Crippen molar-refractivity contribution in [1.29, 1.82) is 0 Å². The van der Waals surface area contributed by atoms with Crippen LogP contribution in [-0.2, 0) is 11.3 Å². The fourth-order valence-corrected chi connectivity index (χ4v) is 6.11. The number of aliphatic imine (C=N–C) groups is 1. The Hall–Kier alpha value is -3.35. The SMILES string of the molecule is COc1cc(OC)cc(N2C(=NCC3CCC3)C(c3nc4ccccc4n3CC3CCC3)C(=O)C2(C)C)c1. The van der Waals surface area contributed by atoms with Gasteiger partial charge in [-0.15, -0.1) is 0 Å². The van der Waals surface area contributed by atoms with Crippen LogP contribution in [0, 0.1) is 11.8 Å². The maximum absolute atomic E-state index is 14.4. The molecule has 0 bridgehead atoms. The van der Waals surface area contributed by atoms with Crippen molar-refractivity contribution in [2.45, 2.75) is 70.4 Å². The summed E-state index contributed by atoms with van der Waals surface area (Å²) < 4.78 is 13.5. The molecule has 3 aromatic rings. The first kappa shape index (κ1) is 25.0. The fraction of sp³-hybridized carbons (Fsp3) is 0.516. The number of methoxy groups -OCH3 is 2. The van der Waals surface area contributed by atoms with E-state index in [-0.39, 0.29) is 5.78 Å². The monoisotopic (exact) mass is 514 g/mol. The predicted molar refractivity (Wildman–Crippen MR) is 151 cm³/mol. The first-order valence-corrected chi connectivity index (χ1v) is 14.0. The van der Waals surface area contributed by atoms with Crippen molar-refractivity contribution in [3.05, 3.63) is 48.3 Å². The fourth-order valence-electron chi connectivity index (χ4n) is 6.11. The second kappa shape index (κ2) is 9.75. The number of ketones is 1. The molecule has 3 aliphatic rings. The number of aromatic nitrogens is 2. The summed E-state index contributed by atoms with van der Waals surface area (Å²) in [6, 6.07) is 14.1. The number of imidazole rings is 1. The number of benzene rings is 2. The van der Waals surface area contributed by atoms with Gasteiger partial charge < -0.3 is 18.9 Å². The highest BCUT2D eigenvalue weighted by molar-refractivity contribution is 6.27. The molecule has 38 heavy (non-hydrogen) atoms. The van der Waals surface area contributed by atoms with Crippen molar-refractivity contribution in [3.8, 4) is 11.5 Å². The van der Waals surface area contributed by atoms with Crippen LogP contribution in [0.15, 0.2) is 47.5 Å². The number of carbonyl (C=O) groups is 1. The maximum atomic E-state index is 14.4. The summed E-state index contributed by atoms with van der Waals surface area (Å²) in [6.07, 6.45) is 7.40. The topological polar surface area (TPSA) is 69.0 Å². The van der Waals surface area contributed by atoms with E-state index in [0.29, 0.717) is 23.3 Å². The van der Waals surface area contributed by atoms with Crippen LogP contribution in [0.5, 0.6) is 11.5 Å². The van der Waals surface area contributed by atoms with Crippen molar-refractivity contribution in [3.63, 3.8) is 0 Å². The molecule has 1 unspecified atom stereocenters. The molecule has 2 aromatic carbocycles. The van der Waals surface area contributed by atoms with E-state index in [4.69, 9.17) is 19.5 Å². The number of rotatable bonds is 8. The van der Waals surface area contributed by atoms with Gasteiger partial charge in [-0.3, -0.25) is 9.79 Å². The van der Waals surface area contributed by atoms with E-state index in [9.17, 15) is 4.79 Å². The molecule has 6 rings (SSSR count). The number of fused-ring (bicyclic) bond motifs is 1. The van der Waals surface area contributed by atoms with Gasteiger partial charge in [0, 0.05) is 31.3 Å². The Balaban J connectivity index is 1.52. The minimum Gasteiger partial charge on any atom is -0.497 e. The summed E-state index contributed by atoms with van der Waals surface area (Å²) in [5.41, 5.74) is 2.06. The molecule has 0 radical (unpaired) electrons. The van der Waals surface area contributed by atoms with Crippen LogP contribution in [0.4, 0.5) is 5.69 Å². The molecule has 7 nitrogen and oxygen atoms in total. The van der Waals surface area contributed by atoms with Crippen LogP contribution < -0.4 is 14.4 Å². The van der Waals surface area contributed by atoms with Gasteiger partial charge in [0.2, 0.25) is 0 Å². The van der Waals surface area contributed by atoms with Gasteiger partial charge in [-0.05, 0) is 63.5 Å². The molecule has 1 saturated heterocycles. The zero-order valence-electron chi connectivity index (χ0n) is 22.9. The standard InChI is InChI=1S/C31H38N4O3/c1-31(2)28(36)27(30-33-25-13-5-6-14-26(25)34(30)19-21-11-8-12-21)29(32-18-20-9-7-10-20)35(31)22-15-23(37-3)17-24(16-22)38-4/h5-6,13-17,20-21,27H,7-12,18-19H2,1-4H3. The largest absolute Gasteiger partial charge is 0.497 e. The number of hydrogen-bond acceptors (Lipinski definition) is 5. The van der Waals surface area contributed by atoms with Gasteiger partial charge in [-0.2, -0.15) is 0 Å². The number of hydrogen-bond donors (Lipinski definition) is 0. The quantitative estimate of drug-likeness (QED) is 0.369. The Labute approximate surface area is 224 Å². The number of anilines is 1. The molecule has 0 N–H and O–H groups in total. The third-order valence-electron chi connectivity index (χ3n) is 8.85. The summed E-state index contributed by atoms with van der Waals surface area (Å²) in [7, 11) is 3.30. The third kappa shape index (κ3) is 4.16. The van der Waals surface area contributed by atoms with Crippen molar-refractivity contribution in [2.75, 3.05) is 25.7 Å². The molecule has 3 fully saturated rings. The Morgan fingerprint density at radius 1 is 0.974 bits per heavy atom. The van der Waals surface area contributed by atoms with Gasteiger partial charge in [0.05, 0.1) is 30.9 Å². The zero-order chi connectivity index (χ0) is 26.4. The summed E-state index contributed by atoms with van der Waals surface area (Å²) in [5.74, 6) is 3.77. The van der Waals surface area contributed by atoms with Crippen molar-refractivity contribution in [2.24, 2.45) is 16.8 Å². The lowest BCUT2D eigenvalue weighted by molar-refractivity contribution is -0.121. The van der Waals surface area contributed by atoms with Crippen molar-refractivity contribution >= 4 is 28.3 Å². The molecule has 2 aliphatic carbocycles. The van der Waals surface area contributed by atoms with Gasteiger partial charge in [0.15, 0.2) is 5.78 Å². The van der Waals surface area contributed by atoms with E-state index in [0.717, 1.165) is 41.5 Å². The Morgan fingerprint density at radius 3 is 2.24 bits per heavy atom. The normalized spacial score (nSPS) is 22.6. The molecular weight excluding hydrogens is 476 g/mol. The number of amidine groups is 1. The van der Waals surface area contributed by atoms with E-state index in [2.05, 4.69) is 27.7 Å². The number of carbonyl (C=O) groups excluding carboxylic acids is 1. The van der Waals surface area contributed by atoms with E-state index in [1.54, 1.807) is 14.2 Å². The highest BCUT2D eigenvalue weighted by Crippen LogP contribution is 2.44. The van der Waals surface area contributed by atoms with Gasteiger partial charge in [0.25, 0.3) is 0 Å². The molecular formula is C31H38N4O3. The molecule has 0 amide bonds. The highest BCUT2D eigenvalue weighted by atomic mass is 16.5. The first-order chi connectivity index (χ1) is 18.4. The second-order valence-electron chi connectivity index (χ2n) is 11.6. The molecule has 200 valence electrons. The van der Waals surface area contributed by atoms with Crippen LogP contribution >= 0.6 is 0 Å². The predicted octanol–water partition coefficient (Wildman–Crippen LogP) is 6.00. The number of ether oxygens (including phenoxy) is 2. The molecule has 2 heterocycles. The first-order valence-electron chi connectivity index (χ1n) is 14.0. The zero-order valence-corrected chi connectivity index (χ0v) is 22.9. The number of para-hydroxylation sites is 2. The van der Waals surface area contributed by atoms with E-state index >= 15 is 0 Å². The van der Waals surface area contributed by atoms with Gasteiger partial charge in [-0.25, -0.2) is 4.98 Å². The lowest BCUT2D eigenvalue weighted by atomic mass is 9.85. The van der Waals surface area contributed by atoms with Crippen LogP contribution in [0.25, 0.3) is 11.0 Å². The van der Waals surface area contributed by atoms with Gasteiger partial charge in [0.1, 0.15) is 34.6 Å². The highest BCUT2D eigenvalue weighted by Gasteiger charge is 2.54. The van der Waals surface area contributed by atoms with Gasteiger partial charge in [-0.1, -0.05) is 25.0 Å². The molecule has 1 aromatic heterocycles. The molecule has 2 saturated carbocycles. The Morgan fingerprint density at radius 2 is 1.63 bits per heavy atom. The lowest BCUT2D eigenvalue weighted by Gasteiger charge is -2.33. The molecule has 0 spiro atoms. The summed E-state index contributed by atoms with van der Waals surface area (Å²) in [6.45, 7) is 5.62. The average Bonchev–Trinajstić information content (AvgIpc) is 3.31. The second-order valence-corrected chi connectivity index (χ2v) is 11.6. The van der Waals surface area contributed by atoms with Crippen LogP contribution in [0.3, 0.4) is 0 Å². The third-order valence-corrected chi connectivity index (χ3v) is 8.85.